The van der Waals surface area contributed by atoms with E-state index in [0.29, 0.717) is 21.5 Å². The zero-order chi connectivity index (χ0) is 17.6. The number of nitriles is 1. The molecule has 0 spiro atoms. The average molecular weight is 347 g/mol. The number of nitrogens with zero attached hydrogens (tertiary/aromatic N) is 5. The second kappa shape index (κ2) is 5.69. The van der Waals surface area contributed by atoms with Gasteiger partial charge in [0.1, 0.15) is 15.9 Å². The molecule has 0 aliphatic heterocycles. The number of anilines is 1. The van der Waals surface area contributed by atoms with Gasteiger partial charge in [0, 0.05) is 20.3 Å². The summed E-state index contributed by atoms with van der Waals surface area (Å²) in [6.45, 7) is 0. The van der Waals surface area contributed by atoms with E-state index in [1.54, 1.807) is 30.5 Å². The van der Waals surface area contributed by atoms with Crippen molar-refractivity contribution in [3.63, 3.8) is 0 Å². The highest BCUT2D eigenvalue weighted by molar-refractivity contribution is 7.25. The Morgan fingerprint density at radius 1 is 1.16 bits per heavy atom. The number of hydrogen-bond acceptors (Lipinski definition) is 6. The van der Waals surface area contributed by atoms with Crippen LogP contribution in [0.1, 0.15) is 5.56 Å². The van der Waals surface area contributed by atoms with Crippen LogP contribution in [0.5, 0.6) is 0 Å². The molecule has 25 heavy (non-hydrogen) atoms. The minimum atomic E-state index is -0.137. The van der Waals surface area contributed by atoms with E-state index in [1.165, 1.54) is 22.2 Å². The fraction of sp³-hybridized carbons (Fsp3) is 0.111. The number of aromatic nitrogens is 3. The lowest BCUT2D eigenvalue weighted by Crippen LogP contribution is -2.17. The fourth-order valence-corrected chi connectivity index (χ4v) is 3.84. The third-order valence-electron chi connectivity index (χ3n) is 4.02. The highest BCUT2D eigenvalue weighted by atomic mass is 32.1. The molecule has 4 aromatic rings. The van der Waals surface area contributed by atoms with Crippen LogP contribution in [0.4, 0.5) is 5.69 Å². The lowest BCUT2D eigenvalue weighted by Gasteiger charge is -2.13. The van der Waals surface area contributed by atoms with Gasteiger partial charge in [-0.2, -0.15) is 5.26 Å². The highest BCUT2D eigenvalue weighted by Gasteiger charge is 2.16. The van der Waals surface area contributed by atoms with E-state index in [2.05, 4.69) is 16.0 Å². The van der Waals surface area contributed by atoms with Gasteiger partial charge in [0.25, 0.3) is 5.56 Å². The first kappa shape index (κ1) is 15.3. The maximum absolute atomic E-state index is 13.0. The number of thiophene rings is 1. The Hall–Kier alpha value is -3.24. The zero-order valence-corrected chi connectivity index (χ0v) is 14.4. The molecule has 0 aliphatic rings. The molecule has 0 amide bonds. The van der Waals surface area contributed by atoms with E-state index < -0.39 is 0 Å². The number of benzene rings is 1. The Morgan fingerprint density at radius 2 is 1.92 bits per heavy atom. The van der Waals surface area contributed by atoms with Gasteiger partial charge in [-0.25, -0.2) is 9.97 Å². The van der Waals surface area contributed by atoms with Crippen LogP contribution in [-0.4, -0.2) is 28.6 Å². The molecule has 1 aromatic carbocycles. The Labute approximate surface area is 147 Å². The summed E-state index contributed by atoms with van der Waals surface area (Å²) in [6.07, 6.45) is 3.27. The molecule has 4 rings (SSSR count). The summed E-state index contributed by atoms with van der Waals surface area (Å²) in [6, 6.07) is 10.8. The summed E-state index contributed by atoms with van der Waals surface area (Å²) < 4.78 is 2.07. The first-order valence-electron chi connectivity index (χ1n) is 7.57. The molecule has 0 bridgehead atoms. The quantitative estimate of drug-likeness (QED) is 0.557. The van der Waals surface area contributed by atoms with Crippen molar-refractivity contribution in [3.8, 4) is 11.8 Å². The lowest BCUT2D eigenvalue weighted by molar-refractivity contribution is 0.967. The zero-order valence-electron chi connectivity index (χ0n) is 13.6. The first-order chi connectivity index (χ1) is 12.1. The normalized spacial score (nSPS) is 10.9. The molecular weight excluding hydrogens is 334 g/mol. The summed E-state index contributed by atoms with van der Waals surface area (Å²) >= 11 is 1.35. The molecule has 0 atom stereocenters. The summed E-state index contributed by atoms with van der Waals surface area (Å²) in [5, 5.41) is 9.81. The predicted octanol–water partition coefficient (Wildman–Crippen LogP) is 2.93. The molecule has 0 radical (unpaired) electrons. The molecule has 3 heterocycles. The molecule has 0 fully saturated rings. The van der Waals surface area contributed by atoms with Crippen molar-refractivity contribution >= 4 is 37.5 Å². The summed E-state index contributed by atoms with van der Waals surface area (Å²) in [4.78, 5) is 24.7. The maximum Gasteiger partial charge on any atom is 0.275 e. The van der Waals surface area contributed by atoms with Gasteiger partial charge in [-0.05, 0) is 30.3 Å². The second-order valence-electron chi connectivity index (χ2n) is 5.76. The number of rotatable bonds is 2. The van der Waals surface area contributed by atoms with E-state index in [0.717, 1.165) is 15.9 Å². The Bertz CT molecular complexity index is 1200. The van der Waals surface area contributed by atoms with Crippen LogP contribution in [0.3, 0.4) is 0 Å². The van der Waals surface area contributed by atoms with Crippen LogP contribution < -0.4 is 10.5 Å². The minimum absolute atomic E-state index is 0.137. The van der Waals surface area contributed by atoms with Gasteiger partial charge < -0.3 is 4.90 Å². The molecule has 0 aliphatic carbocycles. The molecule has 6 nitrogen and oxygen atoms in total. The predicted molar refractivity (Wildman–Crippen MR) is 99.6 cm³/mol. The van der Waals surface area contributed by atoms with E-state index in [-0.39, 0.29) is 5.56 Å². The van der Waals surface area contributed by atoms with Gasteiger partial charge in [-0.15, -0.1) is 11.3 Å². The second-order valence-corrected chi connectivity index (χ2v) is 6.76. The van der Waals surface area contributed by atoms with Crippen LogP contribution in [0.2, 0.25) is 0 Å². The topological polar surface area (TPSA) is 74.8 Å². The van der Waals surface area contributed by atoms with Gasteiger partial charge in [-0.1, -0.05) is 0 Å². The lowest BCUT2D eigenvalue weighted by atomic mass is 10.2. The largest absolute Gasteiger partial charge is 0.377 e. The number of hydrogen-bond donors (Lipinski definition) is 0. The smallest absolute Gasteiger partial charge is 0.275 e. The number of fused-ring (bicyclic) bond motifs is 3. The summed E-state index contributed by atoms with van der Waals surface area (Å²) in [5.74, 6) is 0. The Morgan fingerprint density at radius 3 is 2.60 bits per heavy atom. The third kappa shape index (κ3) is 2.35. The van der Waals surface area contributed by atoms with Gasteiger partial charge in [-0.3, -0.25) is 9.36 Å². The monoisotopic (exact) mass is 347 g/mol. The summed E-state index contributed by atoms with van der Waals surface area (Å²) in [7, 11) is 3.91. The van der Waals surface area contributed by atoms with Crippen molar-refractivity contribution < 1.29 is 0 Å². The standard InChI is InChI=1S/C18H13N5OS/c1-22(2)13-7-8-20-17-14(13)15-16(25-17)18(24)23(10-21-15)12-5-3-11(9-19)4-6-12/h3-8,10H,1-2H3. The third-order valence-corrected chi connectivity index (χ3v) is 5.09. The van der Waals surface area contributed by atoms with Crippen LogP contribution in [-0.2, 0) is 0 Å². The first-order valence-corrected chi connectivity index (χ1v) is 8.38. The van der Waals surface area contributed by atoms with Crippen molar-refractivity contribution in [2.45, 2.75) is 0 Å². The van der Waals surface area contributed by atoms with E-state index in [1.807, 2.05) is 25.1 Å². The number of pyridine rings is 1. The molecular formula is C18H13N5OS. The average Bonchev–Trinajstić information content (AvgIpc) is 3.02. The maximum atomic E-state index is 13.0. The van der Waals surface area contributed by atoms with Crippen molar-refractivity contribution in [1.82, 2.24) is 14.5 Å². The van der Waals surface area contributed by atoms with Crippen LogP contribution in [0.15, 0.2) is 47.7 Å². The SMILES string of the molecule is CN(C)c1ccnc2sc3c(=O)n(-c4ccc(C#N)cc4)cnc3c12. The molecule has 122 valence electrons. The molecule has 0 unspecified atom stereocenters. The van der Waals surface area contributed by atoms with E-state index in [9.17, 15) is 4.79 Å². The van der Waals surface area contributed by atoms with Gasteiger partial charge in [0.05, 0.1) is 33.9 Å². The van der Waals surface area contributed by atoms with Gasteiger partial charge in [0.15, 0.2) is 0 Å². The molecule has 0 N–H and O–H groups in total. The van der Waals surface area contributed by atoms with Crippen molar-refractivity contribution in [2.75, 3.05) is 19.0 Å². The van der Waals surface area contributed by atoms with Crippen LogP contribution in [0.25, 0.3) is 26.1 Å². The van der Waals surface area contributed by atoms with Crippen molar-refractivity contribution in [2.24, 2.45) is 0 Å². The van der Waals surface area contributed by atoms with Crippen LogP contribution in [0, 0.1) is 11.3 Å². The Kier molecular flexibility index (Phi) is 3.48. The fourth-order valence-electron chi connectivity index (χ4n) is 2.79. The molecule has 0 saturated carbocycles. The van der Waals surface area contributed by atoms with Crippen molar-refractivity contribution in [1.29, 1.82) is 5.26 Å². The molecule has 7 heteroatoms. The van der Waals surface area contributed by atoms with E-state index >= 15 is 0 Å². The van der Waals surface area contributed by atoms with Crippen molar-refractivity contribution in [3.05, 3.63) is 58.8 Å². The molecule has 3 aromatic heterocycles. The minimum Gasteiger partial charge on any atom is -0.377 e. The summed E-state index contributed by atoms with van der Waals surface area (Å²) in [5.41, 5.74) is 2.75. The highest BCUT2D eigenvalue weighted by Crippen LogP contribution is 2.35. The Balaban J connectivity index is 2.00. The van der Waals surface area contributed by atoms with Gasteiger partial charge >= 0.3 is 0 Å². The van der Waals surface area contributed by atoms with Gasteiger partial charge in [0.2, 0.25) is 0 Å². The van der Waals surface area contributed by atoms with Crippen LogP contribution >= 0.6 is 11.3 Å². The van der Waals surface area contributed by atoms with E-state index in [4.69, 9.17) is 5.26 Å². The molecule has 0 saturated heterocycles.